The highest BCUT2D eigenvalue weighted by molar-refractivity contribution is 7.13. The fraction of sp³-hybridized carbons (Fsp3) is 0.133. The van der Waals surface area contributed by atoms with Gasteiger partial charge in [0.05, 0.1) is 22.7 Å². The quantitative estimate of drug-likeness (QED) is 0.634. The number of rotatable bonds is 5. The third kappa shape index (κ3) is 4.36. The van der Waals surface area contributed by atoms with Gasteiger partial charge in [-0.25, -0.2) is 14.6 Å². The number of carboxylic acids is 1. The van der Waals surface area contributed by atoms with Crippen molar-refractivity contribution in [3.05, 3.63) is 52.9 Å². The summed E-state index contributed by atoms with van der Waals surface area (Å²) in [5.41, 5.74) is 5.94. The van der Waals surface area contributed by atoms with E-state index in [1.54, 1.807) is 12.3 Å². The van der Waals surface area contributed by atoms with Crippen LogP contribution in [0.1, 0.15) is 33.3 Å². The third-order valence-corrected chi connectivity index (χ3v) is 3.56. The molecule has 0 aliphatic heterocycles. The molecule has 0 aliphatic carbocycles. The summed E-state index contributed by atoms with van der Waals surface area (Å²) >= 11 is 1.23. The van der Waals surface area contributed by atoms with Gasteiger partial charge in [0, 0.05) is 11.8 Å². The first kappa shape index (κ1) is 16.6. The molecular weight excluding hydrogens is 320 g/mol. The highest BCUT2D eigenvalue weighted by Gasteiger charge is 2.21. The van der Waals surface area contributed by atoms with Gasteiger partial charge in [0.1, 0.15) is 0 Å². The maximum absolute atomic E-state index is 11.9. The number of nitrogen functional groups attached to an aromatic ring is 1. The standard InChI is InChI=1S/C15H13N2O5S/c1-8(5-11-7-23-15(16)17-11)13(20)22-14(21)10-4-2-3-9(6-10)12(18)19/h2-8H,1H3,(H2,16,17)(H,18,19). The highest BCUT2D eigenvalue weighted by Crippen LogP contribution is 2.18. The molecule has 0 amide bonds. The molecule has 2 aromatic rings. The predicted octanol–water partition coefficient (Wildman–Crippen LogP) is 2.00. The van der Waals surface area contributed by atoms with E-state index in [4.69, 9.17) is 15.6 Å². The van der Waals surface area contributed by atoms with Crippen LogP contribution in [0.3, 0.4) is 0 Å². The van der Waals surface area contributed by atoms with E-state index < -0.39 is 23.8 Å². The van der Waals surface area contributed by atoms with E-state index in [1.165, 1.54) is 36.0 Å². The maximum atomic E-state index is 11.9. The number of ether oxygens (including phenoxy) is 1. The summed E-state index contributed by atoms with van der Waals surface area (Å²) in [6.07, 6.45) is 1.52. The number of aromatic carboxylic acids is 1. The van der Waals surface area contributed by atoms with E-state index >= 15 is 0 Å². The molecule has 119 valence electrons. The monoisotopic (exact) mass is 333 g/mol. The van der Waals surface area contributed by atoms with Crippen molar-refractivity contribution in [2.24, 2.45) is 5.92 Å². The molecule has 0 aliphatic rings. The van der Waals surface area contributed by atoms with Crippen molar-refractivity contribution in [3.63, 3.8) is 0 Å². The highest BCUT2D eigenvalue weighted by atomic mass is 32.1. The van der Waals surface area contributed by atoms with Crippen LogP contribution in [-0.4, -0.2) is 28.0 Å². The molecule has 1 unspecified atom stereocenters. The minimum absolute atomic E-state index is 0.0108. The molecule has 0 spiro atoms. The minimum atomic E-state index is -1.17. The van der Waals surface area contributed by atoms with Crippen molar-refractivity contribution < 1.29 is 24.2 Å². The summed E-state index contributed by atoms with van der Waals surface area (Å²) in [4.78, 5) is 38.7. The van der Waals surface area contributed by atoms with E-state index in [0.29, 0.717) is 10.8 Å². The molecule has 1 radical (unpaired) electrons. The lowest BCUT2D eigenvalue weighted by atomic mass is 10.1. The number of aromatic nitrogens is 1. The molecular formula is C15H13N2O5S. The summed E-state index contributed by atoms with van der Waals surface area (Å²) in [6, 6.07) is 5.26. The summed E-state index contributed by atoms with van der Waals surface area (Å²) < 4.78 is 4.75. The van der Waals surface area contributed by atoms with Gasteiger partial charge < -0.3 is 15.6 Å². The van der Waals surface area contributed by atoms with Gasteiger partial charge in [-0.1, -0.05) is 13.0 Å². The summed E-state index contributed by atoms with van der Waals surface area (Å²) in [7, 11) is 0. The topological polar surface area (TPSA) is 120 Å². The van der Waals surface area contributed by atoms with E-state index in [9.17, 15) is 14.4 Å². The van der Waals surface area contributed by atoms with Crippen LogP contribution in [-0.2, 0) is 9.53 Å². The number of esters is 2. The Labute approximate surface area is 135 Å². The second kappa shape index (κ2) is 7.01. The Morgan fingerprint density at radius 1 is 1.35 bits per heavy atom. The van der Waals surface area contributed by atoms with Crippen LogP contribution in [0.15, 0.2) is 29.6 Å². The Balaban J connectivity index is 2.00. The summed E-state index contributed by atoms with van der Waals surface area (Å²) in [5, 5.41) is 10.9. The van der Waals surface area contributed by atoms with Crippen molar-refractivity contribution in [2.75, 3.05) is 5.73 Å². The fourth-order valence-electron chi connectivity index (χ4n) is 1.72. The first-order chi connectivity index (χ1) is 10.9. The molecule has 0 fully saturated rings. The Morgan fingerprint density at radius 3 is 2.65 bits per heavy atom. The zero-order chi connectivity index (χ0) is 17.0. The zero-order valence-electron chi connectivity index (χ0n) is 12.1. The van der Waals surface area contributed by atoms with Crippen LogP contribution < -0.4 is 5.73 Å². The van der Waals surface area contributed by atoms with Gasteiger partial charge in [0.2, 0.25) is 0 Å². The van der Waals surface area contributed by atoms with Gasteiger partial charge in [-0.05, 0) is 18.2 Å². The Kier molecular flexibility index (Phi) is 5.07. The predicted molar refractivity (Wildman–Crippen MR) is 82.9 cm³/mol. The first-order valence-electron chi connectivity index (χ1n) is 6.52. The van der Waals surface area contributed by atoms with Gasteiger partial charge in [-0.2, -0.15) is 0 Å². The number of hydrogen-bond acceptors (Lipinski definition) is 7. The lowest BCUT2D eigenvalue weighted by molar-refractivity contribution is -0.140. The summed E-state index contributed by atoms with van der Waals surface area (Å²) in [5.74, 6) is -3.55. The molecule has 23 heavy (non-hydrogen) atoms. The fourth-order valence-corrected chi connectivity index (χ4v) is 2.25. The molecule has 1 heterocycles. The number of nitrogens with two attached hydrogens (primary N) is 1. The number of thiazole rings is 1. The smallest absolute Gasteiger partial charge is 0.345 e. The zero-order valence-corrected chi connectivity index (χ0v) is 12.9. The maximum Gasteiger partial charge on any atom is 0.345 e. The number of carbonyl (C=O) groups is 3. The van der Waals surface area contributed by atoms with Gasteiger partial charge in [-0.15, -0.1) is 11.3 Å². The molecule has 2 rings (SSSR count). The third-order valence-electron chi connectivity index (χ3n) is 2.87. The van der Waals surface area contributed by atoms with Crippen molar-refractivity contribution in [1.82, 2.24) is 4.98 Å². The second-order valence-corrected chi connectivity index (χ2v) is 5.55. The molecule has 8 heteroatoms. The molecule has 1 aromatic heterocycles. The SMILES string of the molecule is CC([CH]c1csc(N)n1)C(=O)OC(=O)c1cccc(C(=O)O)c1. The molecule has 3 N–H and O–H groups in total. The van der Waals surface area contributed by atoms with Crippen LogP contribution in [0.4, 0.5) is 5.13 Å². The first-order valence-corrected chi connectivity index (χ1v) is 7.40. The van der Waals surface area contributed by atoms with Gasteiger partial charge >= 0.3 is 17.9 Å². The molecule has 7 nitrogen and oxygen atoms in total. The van der Waals surface area contributed by atoms with E-state index in [-0.39, 0.29) is 11.1 Å². The van der Waals surface area contributed by atoms with E-state index in [2.05, 4.69) is 4.98 Å². The molecule has 1 atom stereocenters. The van der Waals surface area contributed by atoms with Crippen LogP contribution in [0.5, 0.6) is 0 Å². The number of benzene rings is 1. The van der Waals surface area contributed by atoms with Crippen LogP contribution in [0.2, 0.25) is 0 Å². The summed E-state index contributed by atoms with van der Waals surface area (Å²) in [6.45, 7) is 1.55. The van der Waals surface area contributed by atoms with Crippen molar-refractivity contribution in [1.29, 1.82) is 0 Å². The molecule has 1 aromatic carbocycles. The molecule has 0 saturated heterocycles. The Bertz CT molecular complexity index is 756. The average molecular weight is 333 g/mol. The van der Waals surface area contributed by atoms with Crippen molar-refractivity contribution >= 4 is 34.4 Å². The average Bonchev–Trinajstić information content (AvgIpc) is 2.92. The van der Waals surface area contributed by atoms with Crippen LogP contribution in [0, 0.1) is 12.3 Å². The van der Waals surface area contributed by atoms with Crippen LogP contribution in [0.25, 0.3) is 0 Å². The number of carbonyl (C=O) groups excluding carboxylic acids is 2. The number of anilines is 1. The minimum Gasteiger partial charge on any atom is -0.478 e. The van der Waals surface area contributed by atoms with Gasteiger partial charge in [0.15, 0.2) is 5.13 Å². The normalized spacial score (nSPS) is 11.7. The van der Waals surface area contributed by atoms with Crippen molar-refractivity contribution in [3.8, 4) is 0 Å². The second-order valence-electron chi connectivity index (χ2n) is 4.66. The lowest BCUT2D eigenvalue weighted by Gasteiger charge is -2.08. The molecule has 0 saturated carbocycles. The lowest BCUT2D eigenvalue weighted by Crippen LogP contribution is -2.20. The number of hydrogen-bond donors (Lipinski definition) is 2. The largest absolute Gasteiger partial charge is 0.478 e. The molecule has 0 bridgehead atoms. The Hall–Kier alpha value is -2.74. The van der Waals surface area contributed by atoms with Crippen LogP contribution >= 0.6 is 11.3 Å². The van der Waals surface area contributed by atoms with Gasteiger partial charge in [0.25, 0.3) is 0 Å². The van der Waals surface area contributed by atoms with Gasteiger partial charge in [-0.3, -0.25) is 4.79 Å². The Morgan fingerprint density at radius 2 is 2.04 bits per heavy atom. The van der Waals surface area contributed by atoms with E-state index in [1.807, 2.05) is 0 Å². The number of carboxylic acid groups (broad SMARTS) is 1. The van der Waals surface area contributed by atoms with Crippen molar-refractivity contribution in [2.45, 2.75) is 6.92 Å². The number of nitrogens with zero attached hydrogens (tertiary/aromatic N) is 1. The van der Waals surface area contributed by atoms with E-state index in [0.717, 1.165) is 6.07 Å².